The van der Waals surface area contributed by atoms with Gasteiger partial charge in [-0.3, -0.25) is 9.59 Å². The molecule has 1 heterocycles. The van der Waals surface area contributed by atoms with Gasteiger partial charge in [-0.2, -0.15) is 0 Å². The fraction of sp³-hybridized carbons (Fsp3) is 0.875. The van der Waals surface area contributed by atoms with Gasteiger partial charge in [0.2, 0.25) is 5.91 Å². The van der Waals surface area contributed by atoms with Gasteiger partial charge in [0.25, 0.3) is 0 Å². The van der Waals surface area contributed by atoms with Crippen LogP contribution in [0, 0.1) is 11.8 Å². The van der Waals surface area contributed by atoms with E-state index in [1.54, 1.807) is 0 Å². The number of nitrogens with zero attached hydrogens (tertiary/aromatic N) is 1. The fourth-order valence-corrected chi connectivity index (χ4v) is 3.45. The lowest BCUT2D eigenvalue weighted by atomic mass is 10.0. The van der Waals surface area contributed by atoms with Crippen molar-refractivity contribution in [1.29, 1.82) is 0 Å². The highest BCUT2D eigenvalue weighted by Gasteiger charge is 2.34. The summed E-state index contributed by atoms with van der Waals surface area (Å²) in [5, 5.41) is 12.1. The highest BCUT2D eigenvalue weighted by atomic mass is 16.4. The summed E-state index contributed by atoms with van der Waals surface area (Å²) in [7, 11) is 0. The first-order valence-corrected chi connectivity index (χ1v) is 8.35. The van der Waals surface area contributed by atoms with Gasteiger partial charge < -0.3 is 15.3 Å². The molecule has 120 valence electrons. The second-order valence-corrected chi connectivity index (χ2v) is 6.52. The summed E-state index contributed by atoms with van der Waals surface area (Å²) in [4.78, 5) is 25.6. The van der Waals surface area contributed by atoms with Gasteiger partial charge in [0, 0.05) is 25.0 Å². The average molecular weight is 296 g/mol. The van der Waals surface area contributed by atoms with E-state index in [2.05, 4.69) is 17.1 Å². The molecule has 1 saturated heterocycles. The summed E-state index contributed by atoms with van der Waals surface area (Å²) in [6.45, 7) is 5.50. The van der Waals surface area contributed by atoms with Crippen molar-refractivity contribution < 1.29 is 14.7 Å². The van der Waals surface area contributed by atoms with E-state index in [-0.39, 0.29) is 23.8 Å². The van der Waals surface area contributed by atoms with Gasteiger partial charge in [0.05, 0.1) is 5.92 Å². The molecule has 0 radical (unpaired) electrons. The molecule has 0 aromatic rings. The zero-order valence-electron chi connectivity index (χ0n) is 13.0. The molecule has 1 saturated carbocycles. The van der Waals surface area contributed by atoms with Crippen LogP contribution in [0.25, 0.3) is 0 Å². The molecule has 2 N–H and O–H groups in total. The maximum absolute atomic E-state index is 12.2. The van der Waals surface area contributed by atoms with Gasteiger partial charge in [-0.25, -0.2) is 0 Å². The van der Waals surface area contributed by atoms with Crippen molar-refractivity contribution in [3.63, 3.8) is 0 Å². The Morgan fingerprint density at radius 3 is 2.38 bits per heavy atom. The largest absolute Gasteiger partial charge is 0.481 e. The van der Waals surface area contributed by atoms with Crippen LogP contribution < -0.4 is 5.32 Å². The van der Waals surface area contributed by atoms with Gasteiger partial charge in [-0.1, -0.05) is 13.3 Å². The van der Waals surface area contributed by atoms with E-state index in [9.17, 15) is 9.59 Å². The van der Waals surface area contributed by atoms with Gasteiger partial charge in [0.1, 0.15) is 0 Å². The molecule has 0 spiro atoms. The molecular formula is C16H28N2O3. The maximum Gasteiger partial charge on any atom is 0.306 e. The number of aliphatic carboxylic acids is 1. The molecule has 21 heavy (non-hydrogen) atoms. The Hall–Kier alpha value is -1.10. The van der Waals surface area contributed by atoms with E-state index in [4.69, 9.17) is 5.11 Å². The van der Waals surface area contributed by atoms with E-state index < -0.39 is 5.97 Å². The number of carboxylic acid groups (broad SMARTS) is 1. The molecule has 5 nitrogen and oxygen atoms in total. The zero-order chi connectivity index (χ0) is 15.2. The first kappa shape index (κ1) is 16.3. The standard InChI is InChI=1S/C16H28N2O3/c1-2-3-8-18-9-6-14(7-10-18)17-15(19)12-4-5-13(11-12)16(20)21/h12-14H,2-11H2,1H3,(H,17,19)(H,20,21)/t12-,13+/m1/s1. The predicted molar refractivity (Wildman–Crippen MR) is 81.0 cm³/mol. The van der Waals surface area contributed by atoms with Crippen molar-refractivity contribution in [3.8, 4) is 0 Å². The molecular weight excluding hydrogens is 268 g/mol. The summed E-state index contributed by atoms with van der Waals surface area (Å²) in [6, 6.07) is 0.277. The van der Waals surface area contributed by atoms with Gasteiger partial charge in [-0.15, -0.1) is 0 Å². The lowest BCUT2D eigenvalue weighted by Crippen LogP contribution is -2.46. The summed E-state index contributed by atoms with van der Waals surface area (Å²) >= 11 is 0. The Morgan fingerprint density at radius 2 is 1.81 bits per heavy atom. The van der Waals surface area contributed by atoms with E-state index in [0.717, 1.165) is 32.4 Å². The average Bonchev–Trinajstić information content (AvgIpc) is 2.97. The first-order valence-electron chi connectivity index (χ1n) is 8.35. The predicted octanol–water partition coefficient (Wildman–Crippen LogP) is 1.87. The van der Waals surface area contributed by atoms with E-state index in [1.165, 1.54) is 19.4 Å². The highest BCUT2D eigenvalue weighted by Crippen LogP contribution is 2.31. The minimum atomic E-state index is -0.755. The van der Waals surface area contributed by atoms with Crippen molar-refractivity contribution in [1.82, 2.24) is 10.2 Å². The molecule has 0 bridgehead atoms. The molecule has 1 aliphatic carbocycles. The number of amides is 1. The summed E-state index contributed by atoms with van der Waals surface area (Å²) in [5.41, 5.74) is 0. The summed E-state index contributed by atoms with van der Waals surface area (Å²) in [6.07, 6.45) is 6.38. The molecule has 1 aliphatic heterocycles. The second-order valence-electron chi connectivity index (χ2n) is 6.52. The van der Waals surface area contributed by atoms with Crippen LogP contribution in [-0.2, 0) is 9.59 Å². The number of likely N-dealkylation sites (tertiary alicyclic amines) is 1. The molecule has 2 atom stereocenters. The smallest absolute Gasteiger partial charge is 0.306 e. The number of carbonyl (C=O) groups is 2. The van der Waals surface area contributed by atoms with Crippen molar-refractivity contribution in [3.05, 3.63) is 0 Å². The normalized spacial score (nSPS) is 27.7. The van der Waals surface area contributed by atoms with Gasteiger partial charge in [0.15, 0.2) is 0 Å². The molecule has 5 heteroatoms. The minimum Gasteiger partial charge on any atom is -0.481 e. The SMILES string of the molecule is CCCCN1CCC(NC(=O)[C@@H]2CC[C@H](C(=O)O)C2)CC1. The van der Waals surface area contributed by atoms with Crippen molar-refractivity contribution in [2.24, 2.45) is 11.8 Å². The third-order valence-electron chi connectivity index (χ3n) is 4.91. The van der Waals surface area contributed by atoms with Crippen LogP contribution in [0.4, 0.5) is 0 Å². The number of carboxylic acids is 1. The number of unbranched alkanes of at least 4 members (excludes halogenated alkanes) is 1. The Kier molecular flexibility index (Phi) is 6.03. The van der Waals surface area contributed by atoms with E-state index in [1.807, 2.05) is 0 Å². The lowest BCUT2D eigenvalue weighted by Gasteiger charge is -2.32. The number of piperidine rings is 1. The van der Waals surface area contributed by atoms with Crippen LogP contribution in [0.15, 0.2) is 0 Å². The maximum atomic E-state index is 12.2. The van der Waals surface area contributed by atoms with E-state index in [0.29, 0.717) is 12.8 Å². The molecule has 0 aromatic carbocycles. The van der Waals surface area contributed by atoms with Crippen LogP contribution in [0.1, 0.15) is 51.9 Å². The topological polar surface area (TPSA) is 69.6 Å². The summed E-state index contributed by atoms with van der Waals surface area (Å²) < 4.78 is 0. The van der Waals surface area contributed by atoms with E-state index >= 15 is 0 Å². The quantitative estimate of drug-likeness (QED) is 0.785. The van der Waals surface area contributed by atoms with Crippen molar-refractivity contribution in [2.45, 2.75) is 57.9 Å². The summed E-state index contributed by atoms with van der Waals surface area (Å²) in [5.74, 6) is -1.10. The molecule has 2 aliphatic rings. The Morgan fingerprint density at radius 1 is 1.14 bits per heavy atom. The number of hydrogen-bond donors (Lipinski definition) is 2. The molecule has 0 unspecified atom stereocenters. The van der Waals surface area contributed by atoms with Crippen molar-refractivity contribution >= 4 is 11.9 Å². The van der Waals surface area contributed by atoms with Crippen LogP contribution in [0.2, 0.25) is 0 Å². The fourth-order valence-electron chi connectivity index (χ4n) is 3.45. The van der Waals surface area contributed by atoms with Crippen LogP contribution in [-0.4, -0.2) is 47.6 Å². The Balaban J connectivity index is 1.69. The minimum absolute atomic E-state index is 0.0748. The van der Waals surface area contributed by atoms with Crippen LogP contribution in [0.3, 0.4) is 0 Å². The monoisotopic (exact) mass is 296 g/mol. The molecule has 2 rings (SSSR count). The Labute approximate surface area is 127 Å². The van der Waals surface area contributed by atoms with Gasteiger partial charge >= 0.3 is 5.97 Å². The van der Waals surface area contributed by atoms with Gasteiger partial charge in [-0.05, 0) is 45.1 Å². The van der Waals surface area contributed by atoms with Crippen LogP contribution >= 0.6 is 0 Å². The lowest BCUT2D eigenvalue weighted by molar-refractivity contribution is -0.141. The van der Waals surface area contributed by atoms with Crippen LogP contribution in [0.5, 0.6) is 0 Å². The number of carbonyl (C=O) groups excluding carboxylic acids is 1. The Bertz CT molecular complexity index is 365. The number of nitrogens with one attached hydrogen (secondary N) is 1. The number of hydrogen-bond acceptors (Lipinski definition) is 3. The van der Waals surface area contributed by atoms with Crippen molar-refractivity contribution in [2.75, 3.05) is 19.6 Å². The molecule has 0 aromatic heterocycles. The third-order valence-corrected chi connectivity index (χ3v) is 4.91. The molecule has 1 amide bonds. The molecule has 2 fully saturated rings. The number of rotatable bonds is 6. The zero-order valence-corrected chi connectivity index (χ0v) is 13.0. The highest BCUT2D eigenvalue weighted by molar-refractivity contribution is 5.81. The third kappa shape index (κ3) is 4.70. The second kappa shape index (κ2) is 7.78. The first-order chi connectivity index (χ1) is 10.1.